The Balaban J connectivity index is 1.70. The molecule has 3 rings (SSSR count). The summed E-state index contributed by atoms with van der Waals surface area (Å²) in [5.41, 5.74) is 2.28. The van der Waals surface area contributed by atoms with E-state index < -0.39 is 0 Å². The summed E-state index contributed by atoms with van der Waals surface area (Å²) in [6.45, 7) is 4.90. The Hall–Kier alpha value is -1.43. The quantitative estimate of drug-likeness (QED) is 0.815. The average molecular weight is 288 g/mol. The molecule has 0 amide bonds. The molecule has 5 heteroatoms. The molecule has 0 saturated carbocycles. The molecule has 1 aliphatic heterocycles. The Morgan fingerprint density at radius 1 is 1.48 bits per heavy atom. The van der Waals surface area contributed by atoms with Gasteiger partial charge < -0.3 is 15.0 Å². The fraction of sp³-hybridized carbons (Fsp3) is 0.562. The van der Waals surface area contributed by atoms with Gasteiger partial charge in [0, 0.05) is 50.6 Å². The molecule has 2 N–H and O–H groups in total. The SMILES string of the molecule is COCCN(Cc1c[nH]c2ncccc12)CC1CCCN1. The first-order valence-corrected chi connectivity index (χ1v) is 7.72. The first-order valence-electron chi connectivity index (χ1n) is 7.72. The van der Waals surface area contributed by atoms with Gasteiger partial charge in [0.2, 0.25) is 0 Å². The highest BCUT2D eigenvalue weighted by Crippen LogP contribution is 2.18. The summed E-state index contributed by atoms with van der Waals surface area (Å²) < 4.78 is 5.26. The van der Waals surface area contributed by atoms with Crippen LogP contribution in [0.4, 0.5) is 0 Å². The maximum atomic E-state index is 5.26. The second-order valence-corrected chi connectivity index (χ2v) is 5.73. The minimum absolute atomic E-state index is 0.616. The van der Waals surface area contributed by atoms with Gasteiger partial charge in [0.25, 0.3) is 0 Å². The number of pyridine rings is 1. The lowest BCUT2D eigenvalue weighted by molar-refractivity contribution is 0.138. The van der Waals surface area contributed by atoms with Crippen molar-refractivity contribution in [1.82, 2.24) is 20.2 Å². The number of aromatic nitrogens is 2. The molecule has 1 unspecified atom stereocenters. The molecule has 0 aliphatic carbocycles. The Labute approximate surface area is 125 Å². The predicted molar refractivity (Wildman–Crippen MR) is 84.3 cm³/mol. The molecule has 0 aromatic carbocycles. The van der Waals surface area contributed by atoms with E-state index in [9.17, 15) is 0 Å². The molecule has 0 spiro atoms. The molecular weight excluding hydrogens is 264 g/mol. The van der Waals surface area contributed by atoms with Crippen LogP contribution in [0.2, 0.25) is 0 Å². The molecule has 0 bridgehead atoms. The lowest BCUT2D eigenvalue weighted by Gasteiger charge is -2.25. The van der Waals surface area contributed by atoms with Gasteiger partial charge in [0.05, 0.1) is 6.61 Å². The van der Waals surface area contributed by atoms with Crippen LogP contribution < -0.4 is 5.32 Å². The van der Waals surface area contributed by atoms with Crippen LogP contribution >= 0.6 is 0 Å². The van der Waals surface area contributed by atoms with Gasteiger partial charge in [-0.3, -0.25) is 4.90 Å². The molecule has 3 heterocycles. The summed E-state index contributed by atoms with van der Waals surface area (Å²) in [6.07, 6.45) is 6.48. The van der Waals surface area contributed by atoms with E-state index in [0.717, 1.165) is 38.4 Å². The Kier molecular flexibility index (Phi) is 4.85. The zero-order valence-corrected chi connectivity index (χ0v) is 12.6. The first kappa shape index (κ1) is 14.5. The minimum atomic E-state index is 0.616. The van der Waals surface area contributed by atoms with E-state index in [0.29, 0.717) is 6.04 Å². The van der Waals surface area contributed by atoms with Crippen LogP contribution in [0, 0.1) is 0 Å². The second-order valence-electron chi connectivity index (χ2n) is 5.73. The highest BCUT2D eigenvalue weighted by Gasteiger charge is 2.18. The number of H-pyrrole nitrogens is 1. The Bertz CT molecular complexity index is 562. The maximum absolute atomic E-state index is 5.26. The fourth-order valence-corrected chi connectivity index (χ4v) is 3.06. The number of fused-ring (bicyclic) bond motifs is 1. The van der Waals surface area contributed by atoms with Crippen LogP contribution in [0.15, 0.2) is 24.5 Å². The van der Waals surface area contributed by atoms with Gasteiger partial charge in [-0.05, 0) is 37.1 Å². The third-order valence-corrected chi connectivity index (χ3v) is 4.18. The van der Waals surface area contributed by atoms with Gasteiger partial charge in [-0.1, -0.05) is 0 Å². The first-order chi connectivity index (χ1) is 10.4. The van der Waals surface area contributed by atoms with E-state index in [1.165, 1.54) is 23.8 Å². The predicted octanol–water partition coefficient (Wildman–Crippen LogP) is 1.76. The third kappa shape index (κ3) is 3.61. The molecule has 2 aromatic heterocycles. The zero-order valence-electron chi connectivity index (χ0n) is 12.6. The molecule has 2 aromatic rings. The fourth-order valence-electron chi connectivity index (χ4n) is 3.06. The van der Waals surface area contributed by atoms with Crippen LogP contribution in [-0.4, -0.2) is 54.3 Å². The molecule has 1 atom stereocenters. The topological polar surface area (TPSA) is 53.2 Å². The summed E-state index contributed by atoms with van der Waals surface area (Å²) in [5.74, 6) is 0. The minimum Gasteiger partial charge on any atom is -0.383 e. The van der Waals surface area contributed by atoms with Gasteiger partial charge in [-0.2, -0.15) is 0 Å². The van der Waals surface area contributed by atoms with E-state index in [2.05, 4.69) is 32.4 Å². The van der Waals surface area contributed by atoms with Gasteiger partial charge in [-0.25, -0.2) is 4.98 Å². The number of ether oxygens (including phenoxy) is 1. The van der Waals surface area contributed by atoms with Crippen molar-refractivity contribution >= 4 is 11.0 Å². The summed E-state index contributed by atoms with van der Waals surface area (Å²) in [6, 6.07) is 4.75. The van der Waals surface area contributed by atoms with Crippen molar-refractivity contribution in [3.63, 3.8) is 0 Å². The molecule has 21 heavy (non-hydrogen) atoms. The van der Waals surface area contributed by atoms with E-state index in [1.807, 2.05) is 12.3 Å². The van der Waals surface area contributed by atoms with Crippen molar-refractivity contribution in [2.45, 2.75) is 25.4 Å². The number of methoxy groups -OCH3 is 1. The normalized spacial score (nSPS) is 18.9. The van der Waals surface area contributed by atoms with Gasteiger partial charge >= 0.3 is 0 Å². The van der Waals surface area contributed by atoms with Crippen LogP contribution in [-0.2, 0) is 11.3 Å². The van der Waals surface area contributed by atoms with E-state index in [4.69, 9.17) is 4.74 Å². The molecule has 114 valence electrons. The number of nitrogens with zero attached hydrogens (tertiary/aromatic N) is 2. The zero-order chi connectivity index (χ0) is 14.5. The highest BCUT2D eigenvalue weighted by molar-refractivity contribution is 5.79. The standard InChI is InChI=1S/C16H24N4O/c1-21-9-8-20(12-14-4-2-6-17-14)11-13-10-19-16-15(13)5-3-7-18-16/h3,5,7,10,14,17H,2,4,6,8-9,11-12H2,1H3,(H,18,19). The van der Waals surface area contributed by atoms with Crippen molar-refractivity contribution in [2.24, 2.45) is 0 Å². The number of rotatable bonds is 7. The van der Waals surface area contributed by atoms with E-state index >= 15 is 0 Å². The number of aromatic amines is 1. The largest absolute Gasteiger partial charge is 0.383 e. The van der Waals surface area contributed by atoms with E-state index in [1.54, 1.807) is 7.11 Å². The highest BCUT2D eigenvalue weighted by atomic mass is 16.5. The van der Waals surface area contributed by atoms with Crippen molar-refractivity contribution in [3.05, 3.63) is 30.1 Å². The summed E-state index contributed by atoms with van der Waals surface area (Å²) in [7, 11) is 1.77. The summed E-state index contributed by atoms with van der Waals surface area (Å²) in [5, 5.41) is 4.80. The summed E-state index contributed by atoms with van der Waals surface area (Å²) >= 11 is 0. The maximum Gasteiger partial charge on any atom is 0.137 e. The molecule has 0 radical (unpaired) electrons. The van der Waals surface area contributed by atoms with Crippen LogP contribution in [0.5, 0.6) is 0 Å². The van der Waals surface area contributed by atoms with Gasteiger partial charge in [0.1, 0.15) is 5.65 Å². The van der Waals surface area contributed by atoms with Crippen molar-refractivity contribution in [1.29, 1.82) is 0 Å². The van der Waals surface area contributed by atoms with Gasteiger partial charge in [-0.15, -0.1) is 0 Å². The number of hydrogen-bond donors (Lipinski definition) is 2. The molecular formula is C16H24N4O. The molecule has 5 nitrogen and oxygen atoms in total. The van der Waals surface area contributed by atoms with Crippen molar-refractivity contribution < 1.29 is 4.74 Å². The molecule has 1 saturated heterocycles. The number of nitrogens with one attached hydrogen (secondary N) is 2. The van der Waals surface area contributed by atoms with Crippen molar-refractivity contribution in [3.8, 4) is 0 Å². The van der Waals surface area contributed by atoms with E-state index in [-0.39, 0.29) is 0 Å². The van der Waals surface area contributed by atoms with Gasteiger partial charge in [0.15, 0.2) is 0 Å². The van der Waals surface area contributed by atoms with Crippen LogP contribution in [0.3, 0.4) is 0 Å². The van der Waals surface area contributed by atoms with Crippen molar-refractivity contribution in [2.75, 3.05) is 33.4 Å². The third-order valence-electron chi connectivity index (χ3n) is 4.18. The lowest BCUT2D eigenvalue weighted by Crippen LogP contribution is -2.38. The Morgan fingerprint density at radius 2 is 2.43 bits per heavy atom. The van der Waals surface area contributed by atoms with Crippen LogP contribution in [0.25, 0.3) is 11.0 Å². The molecule has 1 aliphatic rings. The van der Waals surface area contributed by atoms with Crippen LogP contribution in [0.1, 0.15) is 18.4 Å². The smallest absolute Gasteiger partial charge is 0.137 e. The second kappa shape index (κ2) is 7.02. The molecule has 1 fully saturated rings. The lowest BCUT2D eigenvalue weighted by atomic mass is 10.1. The summed E-state index contributed by atoms with van der Waals surface area (Å²) in [4.78, 5) is 10.1. The average Bonchev–Trinajstić information content (AvgIpc) is 3.15. The Morgan fingerprint density at radius 3 is 3.24 bits per heavy atom. The number of hydrogen-bond acceptors (Lipinski definition) is 4. The monoisotopic (exact) mass is 288 g/mol.